The van der Waals surface area contributed by atoms with E-state index in [0.29, 0.717) is 17.9 Å². The number of nitrogens with one attached hydrogen (secondary N) is 2. The van der Waals surface area contributed by atoms with Crippen LogP contribution >= 0.6 is 0 Å². The molecule has 1 aromatic heterocycles. The predicted octanol–water partition coefficient (Wildman–Crippen LogP) is 3.59. The fourth-order valence-electron chi connectivity index (χ4n) is 3.13. The summed E-state index contributed by atoms with van der Waals surface area (Å²) in [6, 6.07) is 3.69. The van der Waals surface area contributed by atoms with Crippen LogP contribution in [0.15, 0.2) is 24.3 Å². The molecule has 0 saturated heterocycles. The highest BCUT2D eigenvalue weighted by Crippen LogP contribution is 2.21. The monoisotopic (exact) mass is 420 g/mol. The van der Waals surface area contributed by atoms with Crippen LogP contribution in [0.3, 0.4) is 0 Å². The van der Waals surface area contributed by atoms with Crippen LogP contribution in [-0.4, -0.2) is 33.5 Å². The van der Waals surface area contributed by atoms with Gasteiger partial charge in [0.05, 0.1) is 18.2 Å². The zero-order valence-electron chi connectivity index (χ0n) is 18.9. The van der Waals surface area contributed by atoms with Crippen LogP contribution in [-0.2, 0) is 17.8 Å². The van der Waals surface area contributed by atoms with Gasteiger partial charge in [0, 0.05) is 6.61 Å². The molecular formula is C23H40N4O3. The molecule has 0 aromatic carbocycles. The fourth-order valence-corrected chi connectivity index (χ4v) is 3.13. The molecule has 0 radical (unpaired) electrons. The number of amidine groups is 1. The second-order valence-electron chi connectivity index (χ2n) is 6.75. The molecule has 0 fully saturated rings. The van der Waals surface area contributed by atoms with Gasteiger partial charge in [0.2, 0.25) is 5.91 Å². The van der Waals surface area contributed by atoms with Gasteiger partial charge in [-0.3, -0.25) is 10.2 Å². The summed E-state index contributed by atoms with van der Waals surface area (Å²) in [7, 11) is 0. The molecule has 0 spiro atoms. The standard InChI is InChI=1S/C19H28N4O3.2C2H6/c20-17-10-8-15(19(26)23-17)6-5-13(11-24)3-1-2-4-14-7-9-16(12-25)22-18(14)21;2*1-2/h7-10,13,15,24-25H,1-6,11-12H2,(H2,21,22)(H2,20,23,26);2*1-2H3. The van der Waals surface area contributed by atoms with E-state index in [-0.39, 0.29) is 36.8 Å². The van der Waals surface area contributed by atoms with Crippen LogP contribution in [0.4, 0.5) is 5.82 Å². The quantitative estimate of drug-likeness (QED) is 0.369. The van der Waals surface area contributed by atoms with E-state index in [1.54, 1.807) is 18.2 Å². The topological polar surface area (TPSA) is 132 Å². The zero-order chi connectivity index (χ0) is 22.9. The molecule has 170 valence electrons. The van der Waals surface area contributed by atoms with Crippen molar-refractivity contribution in [3.63, 3.8) is 0 Å². The minimum absolute atomic E-state index is 0.113. The lowest BCUT2D eigenvalue weighted by Gasteiger charge is -2.20. The number of aromatic nitrogens is 1. The molecule has 2 rings (SSSR count). The molecule has 1 aromatic rings. The third-order valence-electron chi connectivity index (χ3n) is 4.77. The Bertz CT molecular complexity index is 662. The van der Waals surface area contributed by atoms with Crippen molar-refractivity contribution in [1.29, 1.82) is 5.41 Å². The number of hydrogen-bond donors (Lipinski definition) is 5. The van der Waals surface area contributed by atoms with Crippen LogP contribution in [0.5, 0.6) is 0 Å². The van der Waals surface area contributed by atoms with E-state index >= 15 is 0 Å². The molecule has 0 saturated carbocycles. The molecule has 1 aliphatic rings. The average Bonchev–Trinajstić information content (AvgIpc) is 2.78. The fraction of sp³-hybridized carbons (Fsp3) is 0.609. The van der Waals surface area contributed by atoms with E-state index in [2.05, 4.69) is 10.3 Å². The van der Waals surface area contributed by atoms with Gasteiger partial charge in [-0.25, -0.2) is 4.98 Å². The van der Waals surface area contributed by atoms with Crippen LogP contribution < -0.4 is 11.1 Å². The number of nitrogen functional groups attached to an aromatic ring is 1. The molecule has 30 heavy (non-hydrogen) atoms. The summed E-state index contributed by atoms with van der Waals surface area (Å²) in [5, 5.41) is 28.5. The third kappa shape index (κ3) is 9.98. The number of aliphatic hydroxyl groups is 2. The second-order valence-corrected chi connectivity index (χ2v) is 6.75. The third-order valence-corrected chi connectivity index (χ3v) is 4.77. The summed E-state index contributed by atoms with van der Waals surface area (Å²) in [5.41, 5.74) is 7.45. The van der Waals surface area contributed by atoms with Gasteiger partial charge in [-0.05, 0) is 55.7 Å². The van der Waals surface area contributed by atoms with Crippen LogP contribution in [0.1, 0.15) is 71.1 Å². The van der Waals surface area contributed by atoms with Gasteiger partial charge in [0.15, 0.2) is 0 Å². The first-order chi connectivity index (χ1) is 14.5. The van der Waals surface area contributed by atoms with Crippen molar-refractivity contribution >= 4 is 17.6 Å². The van der Waals surface area contributed by atoms with Crippen molar-refractivity contribution in [2.75, 3.05) is 12.3 Å². The van der Waals surface area contributed by atoms with Crippen molar-refractivity contribution < 1.29 is 15.0 Å². The van der Waals surface area contributed by atoms with Crippen molar-refractivity contribution in [2.24, 2.45) is 11.8 Å². The Hall–Kier alpha value is -2.25. The molecule has 1 aliphatic heterocycles. The van der Waals surface area contributed by atoms with Gasteiger partial charge in [-0.2, -0.15) is 0 Å². The van der Waals surface area contributed by atoms with Crippen LogP contribution in [0.25, 0.3) is 0 Å². The number of unbranched alkanes of at least 4 members (excludes halogenated alkanes) is 1. The summed E-state index contributed by atoms with van der Waals surface area (Å²) in [4.78, 5) is 15.9. The summed E-state index contributed by atoms with van der Waals surface area (Å²) in [6.07, 6.45) is 8.46. The minimum Gasteiger partial charge on any atom is -0.396 e. The first-order valence-electron chi connectivity index (χ1n) is 11.1. The minimum atomic E-state index is -0.214. The molecule has 0 bridgehead atoms. The highest BCUT2D eigenvalue weighted by Gasteiger charge is 2.21. The predicted molar refractivity (Wildman–Crippen MR) is 123 cm³/mol. The van der Waals surface area contributed by atoms with Crippen molar-refractivity contribution in [1.82, 2.24) is 10.3 Å². The van der Waals surface area contributed by atoms with Crippen molar-refractivity contribution in [2.45, 2.75) is 72.8 Å². The van der Waals surface area contributed by atoms with Gasteiger partial charge < -0.3 is 21.3 Å². The molecule has 2 unspecified atom stereocenters. The van der Waals surface area contributed by atoms with Gasteiger partial charge in [-0.1, -0.05) is 46.3 Å². The number of aryl methyl sites for hydroxylation is 1. The Morgan fingerprint density at radius 2 is 1.87 bits per heavy atom. The van der Waals surface area contributed by atoms with E-state index in [4.69, 9.17) is 16.2 Å². The number of anilines is 1. The van der Waals surface area contributed by atoms with E-state index in [9.17, 15) is 9.90 Å². The number of rotatable bonds is 10. The van der Waals surface area contributed by atoms with E-state index < -0.39 is 0 Å². The Kier molecular flexibility index (Phi) is 15.3. The lowest BCUT2D eigenvalue weighted by Crippen LogP contribution is -2.37. The molecule has 6 N–H and O–H groups in total. The average molecular weight is 421 g/mol. The maximum atomic E-state index is 11.8. The molecule has 7 heteroatoms. The van der Waals surface area contributed by atoms with Gasteiger partial charge in [0.25, 0.3) is 0 Å². The number of amides is 1. The van der Waals surface area contributed by atoms with Gasteiger partial charge in [-0.15, -0.1) is 0 Å². The summed E-state index contributed by atoms with van der Waals surface area (Å²) in [5.74, 6) is 0.420. The van der Waals surface area contributed by atoms with E-state index in [0.717, 1.165) is 37.7 Å². The number of carbonyl (C=O) groups is 1. The highest BCUT2D eigenvalue weighted by atomic mass is 16.3. The Labute approximate surface area is 181 Å². The summed E-state index contributed by atoms with van der Waals surface area (Å²) >= 11 is 0. The highest BCUT2D eigenvalue weighted by molar-refractivity contribution is 6.06. The van der Waals surface area contributed by atoms with Gasteiger partial charge in [0.1, 0.15) is 11.7 Å². The molecule has 0 aliphatic carbocycles. The maximum absolute atomic E-state index is 11.8. The Morgan fingerprint density at radius 3 is 2.43 bits per heavy atom. The van der Waals surface area contributed by atoms with Crippen molar-refractivity contribution in [3.05, 3.63) is 35.5 Å². The lowest BCUT2D eigenvalue weighted by atomic mass is 9.90. The summed E-state index contributed by atoms with van der Waals surface area (Å²) < 4.78 is 0. The van der Waals surface area contributed by atoms with E-state index in [1.165, 1.54) is 0 Å². The number of aliphatic hydroxyl groups excluding tert-OH is 2. The molecule has 1 amide bonds. The van der Waals surface area contributed by atoms with Crippen molar-refractivity contribution in [3.8, 4) is 0 Å². The normalized spacial score (nSPS) is 16.0. The molecular weight excluding hydrogens is 380 g/mol. The van der Waals surface area contributed by atoms with Crippen LogP contribution in [0, 0.1) is 17.2 Å². The number of nitrogens with zero attached hydrogens (tertiary/aromatic N) is 1. The first kappa shape index (κ1) is 27.8. The first-order valence-corrected chi connectivity index (χ1v) is 11.1. The lowest BCUT2D eigenvalue weighted by molar-refractivity contribution is -0.122. The van der Waals surface area contributed by atoms with E-state index in [1.807, 2.05) is 33.8 Å². The number of carbonyl (C=O) groups excluding carboxylic acids is 1. The number of hydrogen-bond acceptors (Lipinski definition) is 6. The smallest absolute Gasteiger partial charge is 0.232 e. The number of nitrogens with two attached hydrogens (primary N) is 1. The second kappa shape index (κ2) is 16.5. The Balaban J connectivity index is 0.00000198. The molecule has 7 nitrogen and oxygen atoms in total. The molecule has 2 heterocycles. The van der Waals surface area contributed by atoms with Crippen LogP contribution in [0.2, 0.25) is 0 Å². The largest absolute Gasteiger partial charge is 0.396 e. The zero-order valence-corrected chi connectivity index (χ0v) is 18.9. The van der Waals surface area contributed by atoms with Gasteiger partial charge >= 0.3 is 0 Å². The SMILES string of the molecule is CC.CC.N=C1C=CC(CCC(CO)CCCCc2ccc(CO)nc2N)C(=O)N1. The Morgan fingerprint density at radius 1 is 1.17 bits per heavy atom. The molecule has 2 atom stereocenters. The number of pyridine rings is 1. The summed E-state index contributed by atoms with van der Waals surface area (Å²) in [6.45, 7) is 8.00. The maximum Gasteiger partial charge on any atom is 0.232 e.